The third kappa shape index (κ3) is 5.29. The topological polar surface area (TPSA) is 115 Å². The highest BCUT2D eigenvalue weighted by Crippen LogP contribution is 2.57. The number of aliphatic imine (C=N–C) groups is 1. The molecule has 6 rings (SSSR count). The number of nitrogens with zero attached hydrogens (tertiary/aromatic N) is 4. The van der Waals surface area contributed by atoms with Crippen molar-refractivity contribution >= 4 is 18.0 Å². The van der Waals surface area contributed by atoms with Crippen molar-refractivity contribution in [2.75, 3.05) is 7.05 Å². The molecule has 1 fully saturated rings. The van der Waals surface area contributed by atoms with Gasteiger partial charge in [0, 0.05) is 42.3 Å². The number of hydrogen-bond acceptors (Lipinski definition) is 5. The van der Waals surface area contributed by atoms with Gasteiger partial charge in [-0.05, 0) is 72.6 Å². The molecule has 3 N–H and O–H groups in total. The first-order valence-electron chi connectivity index (χ1n) is 13.5. The summed E-state index contributed by atoms with van der Waals surface area (Å²) in [5, 5.41) is 7.61. The van der Waals surface area contributed by atoms with Crippen LogP contribution in [0.1, 0.15) is 56.9 Å². The molecule has 4 aromatic rings. The fourth-order valence-electron chi connectivity index (χ4n) is 5.95. The standard InChI is InChI=1S/C31H27F3N6O2/c1-36-14-26-29-22-11-18(22)12-27(29)40(39-26)15-28(41)38-25(9-16-7-19(32)13-20(33)8-16)30-21(3-2-6-37-30)17-4-5-24(34)23(10-17)31(35)42/h2-8,10,13-14,18,22,25H,9,11-12,15H2,1H3,(H2,35,42)(H,38,41)/b36-14-/t18-,22?,25-/m0/s1. The highest BCUT2D eigenvalue weighted by molar-refractivity contribution is 5.94. The van der Waals surface area contributed by atoms with Crippen LogP contribution in [0.15, 0.2) is 59.7 Å². The molecule has 2 aromatic carbocycles. The molecule has 8 nitrogen and oxygen atoms in total. The van der Waals surface area contributed by atoms with Gasteiger partial charge in [-0.3, -0.25) is 24.2 Å². The lowest BCUT2D eigenvalue weighted by atomic mass is 9.94. The molecule has 42 heavy (non-hydrogen) atoms. The quantitative estimate of drug-likeness (QED) is 0.292. The van der Waals surface area contributed by atoms with Crippen LogP contribution in [0.3, 0.4) is 0 Å². The number of hydrogen-bond donors (Lipinski definition) is 2. The summed E-state index contributed by atoms with van der Waals surface area (Å²) >= 11 is 0. The Hall–Kier alpha value is -4.80. The monoisotopic (exact) mass is 572 g/mol. The van der Waals surface area contributed by atoms with E-state index in [2.05, 4.69) is 20.4 Å². The smallest absolute Gasteiger partial charge is 0.251 e. The summed E-state index contributed by atoms with van der Waals surface area (Å²) < 4.78 is 44.2. The van der Waals surface area contributed by atoms with E-state index in [1.165, 1.54) is 30.5 Å². The largest absolute Gasteiger partial charge is 0.366 e. The van der Waals surface area contributed by atoms with Gasteiger partial charge in [0.15, 0.2) is 0 Å². The molecule has 2 aliphatic rings. The summed E-state index contributed by atoms with van der Waals surface area (Å²) in [6, 6.07) is 9.58. The molecule has 0 saturated heterocycles. The summed E-state index contributed by atoms with van der Waals surface area (Å²) in [4.78, 5) is 34.0. The van der Waals surface area contributed by atoms with Crippen LogP contribution in [0.2, 0.25) is 0 Å². The van der Waals surface area contributed by atoms with E-state index in [1.54, 1.807) is 30.1 Å². The Bertz CT molecular complexity index is 1730. The Morgan fingerprint density at radius 1 is 1.17 bits per heavy atom. The van der Waals surface area contributed by atoms with E-state index in [1.807, 2.05) is 0 Å². The van der Waals surface area contributed by atoms with Crippen molar-refractivity contribution in [2.24, 2.45) is 16.6 Å². The van der Waals surface area contributed by atoms with Gasteiger partial charge in [0.25, 0.3) is 5.91 Å². The fraction of sp³-hybridized carbons (Fsp3) is 0.258. The van der Waals surface area contributed by atoms with Gasteiger partial charge in [0.1, 0.15) is 29.7 Å². The van der Waals surface area contributed by atoms with Crippen molar-refractivity contribution in [1.82, 2.24) is 20.1 Å². The van der Waals surface area contributed by atoms with E-state index in [4.69, 9.17) is 5.73 Å². The Morgan fingerprint density at radius 2 is 1.95 bits per heavy atom. The molecule has 214 valence electrons. The van der Waals surface area contributed by atoms with Crippen LogP contribution in [-0.4, -0.2) is 39.8 Å². The zero-order valence-corrected chi connectivity index (χ0v) is 22.7. The highest BCUT2D eigenvalue weighted by Gasteiger charge is 2.49. The zero-order chi connectivity index (χ0) is 29.5. The van der Waals surface area contributed by atoms with E-state index < -0.39 is 29.4 Å². The molecule has 2 aromatic heterocycles. The number of amides is 2. The lowest BCUT2D eigenvalue weighted by Crippen LogP contribution is -2.34. The van der Waals surface area contributed by atoms with E-state index in [9.17, 15) is 22.8 Å². The molecule has 0 spiro atoms. The van der Waals surface area contributed by atoms with Crippen LogP contribution in [0.25, 0.3) is 11.1 Å². The number of rotatable bonds is 9. The Morgan fingerprint density at radius 3 is 2.69 bits per heavy atom. The van der Waals surface area contributed by atoms with Crippen molar-refractivity contribution in [3.05, 3.63) is 106 Å². The summed E-state index contributed by atoms with van der Waals surface area (Å²) in [6.45, 7) is -0.0715. The predicted octanol–water partition coefficient (Wildman–Crippen LogP) is 4.27. The number of nitrogens with one attached hydrogen (secondary N) is 1. The summed E-state index contributed by atoms with van der Waals surface area (Å²) in [5.41, 5.74) is 9.59. The summed E-state index contributed by atoms with van der Waals surface area (Å²) in [7, 11) is 1.68. The van der Waals surface area contributed by atoms with E-state index in [0.717, 1.165) is 41.9 Å². The number of aromatic nitrogens is 3. The Kier molecular flexibility index (Phi) is 7.09. The second kappa shape index (κ2) is 10.9. The number of primary amides is 1. The van der Waals surface area contributed by atoms with Gasteiger partial charge in [-0.15, -0.1) is 0 Å². The third-order valence-corrected chi connectivity index (χ3v) is 7.83. The first-order chi connectivity index (χ1) is 20.2. The SMILES string of the molecule is C/N=C\c1nn(CC(=O)N[C@@H](Cc2cc(F)cc(F)c2)c2ncccc2-c2ccc(F)c(C(N)=O)c2)c2c1C1C[C@H]1C2. The van der Waals surface area contributed by atoms with Gasteiger partial charge in [-0.1, -0.05) is 12.1 Å². The summed E-state index contributed by atoms with van der Waals surface area (Å²) in [5.74, 6) is -2.56. The van der Waals surface area contributed by atoms with E-state index >= 15 is 0 Å². The van der Waals surface area contributed by atoms with Crippen molar-refractivity contribution in [3.63, 3.8) is 0 Å². The van der Waals surface area contributed by atoms with E-state index in [-0.39, 0.29) is 24.4 Å². The number of halogens is 3. The number of carbonyl (C=O) groups excluding carboxylic acids is 2. The van der Waals surface area contributed by atoms with E-state index in [0.29, 0.717) is 34.2 Å². The van der Waals surface area contributed by atoms with Gasteiger partial charge >= 0.3 is 0 Å². The van der Waals surface area contributed by atoms with Crippen molar-refractivity contribution in [2.45, 2.75) is 37.8 Å². The molecule has 0 radical (unpaired) electrons. The maximum atomic E-state index is 14.2. The van der Waals surface area contributed by atoms with Crippen molar-refractivity contribution in [3.8, 4) is 11.1 Å². The average molecular weight is 573 g/mol. The van der Waals surface area contributed by atoms with Gasteiger partial charge in [-0.2, -0.15) is 5.10 Å². The van der Waals surface area contributed by atoms with Gasteiger partial charge in [0.05, 0.1) is 17.3 Å². The number of nitrogens with two attached hydrogens (primary N) is 1. The van der Waals surface area contributed by atoms with Crippen molar-refractivity contribution in [1.29, 1.82) is 0 Å². The molecule has 3 atom stereocenters. The van der Waals surface area contributed by atoms with Gasteiger partial charge in [0.2, 0.25) is 5.91 Å². The average Bonchev–Trinajstić information content (AvgIpc) is 3.48. The molecule has 2 amide bonds. The lowest BCUT2D eigenvalue weighted by molar-refractivity contribution is -0.122. The van der Waals surface area contributed by atoms with Gasteiger partial charge in [-0.25, -0.2) is 13.2 Å². The number of pyridine rings is 1. The van der Waals surface area contributed by atoms with Crippen LogP contribution in [0.5, 0.6) is 0 Å². The minimum Gasteiger partial charge on any atom is -0.366 e. The second-order valence-electron chi connectivity index (χ2n) is 10.7. The molecule has 1 saturated carbocycles. The zero-order valence-electron chi connectivity index (χ0n) is 22.7. The Balaban J connectivity index is 1.35. The molecule has 1 unspecified atom stereocenters. The third-order valence-electron chi connectivity index (χ3n) is 7.83. The summed E-state index contributed by atoms with van der Waals surface area (Å²) in [6.07, 6.45) is 5.19. The minimum absolute atomic E-state index is 0.00338. The van der Waals surface area contributed by atoms with Crippen LogP contribution in [0, 0.1) is 23.4 Å². The molecule has 0 bridgehead atoms. The maximum absolute atomic E-state index is 14.2. The second-order valence-corrected chi connectivity index (χ2v) is 10.7. The molecule has 2 heterocycles. The molecule has 0 aliphatic heterocycles. The van der Waals surface area contributed by atoms with Crippen molar-refractivity contribution < 1.29 is 22.8 Å². The maximum Gasteiger partial charge on any atom is 0.251 e. The first kappa shape index (κ1) is 27.4. The van der Waals surface area contributed by atoms with Crippen LogP contribution < -0.4 is 11.1 Å². The molecule has 2 aliphatic carbocycles. The fourth-order valence-corrected chi connectivity index (χ4v) is 5.95. The normalized spacial score (nSPS) is 17.6. The molecular formula is C31H27F3N6O2. The number of carbonyl (C=O) groups is 2. The van der Waals surface area contributed by atoms with Crippen LogP contribution in [0.4, 0.5) is 13.2 Å². The Labute approximate surface area is 239 Å². The minimum atomic E-state index is -0.934. The lowest BCUT2D eigenvalue weighted by Gasteiger charge is -2.22. The number of fused-ring (bicyclic) bond motifs is 3. The predicted molar refractivity (Wildman–Crippen MR) is 149 cm³/mol. The van der Waals surface area contributed by atoms with Gasteiger partial charge < -0.3 is 11.1 Å². The molecule has 11 heteroatoms. The van der Waals surface area contributed by atoms with Crippen LogP contribution in [-0.2, 0) is 24.2 Å². The highest BCUT2D eigenvalue weighted by atomic mass is 19.1. The first-order valence-corrected chi connectivity index (χ1v) is 13.5. The van der Waals surface area contributed by atoms with Crippen LogP contribution >= 0.6 is 0 Å². The molecular weight excluding hydrogens is 545 g/mol. The number of benzene rings is 2.